The van der Waals surface area contributed by atoms with Gasteiger partial charge in [0.1, 0.15) is 0 Å². The average molecular weight is 419 g/mol. The molecule has 1 aliphatic carbocycles. The molecule has 2 aromatic rings. The molecule has 1 saturated heterocycles. The molecule has 1 aliphatic heterocycles. The van der Waals surface area contributed by atoms with Crippen LogP contribution in [-0.4, -0.2) is 32.7 Å². The number of rotatable bonds is 5. The van der Waals surface area contributed by atoms with Crippen molar-refractivity contribution in [3.05, 3.63) is 88.0 Å². The van der Waals surface area contributed by atoms with Crippen LogP contribution in [0.2, 0.25) is 0 Å². The van der Waals surface area contributed by atoms with E-state index in [0.29, 0.717) is 6.42 Å². The molecule has 1 heterocycles. The van der Waals surface area contributed by atoms with E-state index in [2.05, 4.69) is 0 Å². The van der Waals surface area contributed by atoms with Crippen LogP contribution in [-0.2, 0) is 16.1 Å². The number of hydrazine groups is 1. The lowest BCUT2D eigenvalue weighted by molar-refractivity contribution is -0.384. The Labute approximate surface area is 178 Å². The van der Waals surface area contributed by atoms with Gasteiger partial charge in [-0.1, -0.05) is 49.4 Å². The second kappa shape index (κ2) is 8.14. The van der Waals surface area contributed by atoms with Crippen LogP contribution in [0, 0.1) is 27.9 Å². The highest BCUT2D eigenvalue weighted by molar-refractivity contribution is 6.08. The molecule has 0 saturated carbocycles. The molecule has 0 N–H and O–H groups in total. The number of nitrogens with zero attached hydrogens (tertiary/aromatic N) is 3. The summed E-state index contributed by atoms with van der Waals surface area (Å²) < 4.78 is 0. The van der Waals surface area contributed by atoms with Gasteiger partial charge in [-0.15, -0.1) is 0 Å². The third-order valence-electron chi connectivity index (χ3n) is 5.83. The summed E-state index contributed by atoms with van der Waals surface area (Å²) in [4.78, 5) is 50.2. The van der Waals surface area contributed by atoms with E-state index in [0.717, 1.165) is 15.6 Å². The monoisotopic (exact) mass is 419 g/mol. The Kier molecular flexibility index (Phi) is 5.37. The summed E-state index contributed by atoms with van der Waals surface area (Å²) in [7, 11) is 0. The predicted octanol–water partition coefficient (Wildman–Crippen LogP) is 3.35. The van der Waals surface area contributed by atoms with Crippen molar-refractivity contribution in [1.82, 2.24) is 10.0 Å². The van der Waals surface area contributed by atoms with Gasteiger partial charge in [-0.2, -0.15) is 5.01 Å². The second-order valence-corrected chi connectivity index (χ2v) is 7.80. The van der Waals surface area contributed by atoms with Crippen LogP contribution in [0.4, 0.5) is 5.69 Å². The lowest BCUT2D eigenvalue weighted by Crippen LogP contribution is -2.50. The molecule has 3 atom stereocenters. The Balaban J connectivity index is 1.71. The highest BCUT2D eigenvalue weighted by Crippen LogP contribution is 2.39. The second-order valence-electron chi connectivity index (χ2n) is 7.80. The van der Waals surface area contributed by atoms with Gasteiger partial charge >= 0.3 is 0 Å². The lowest BCUT2D eigenvalue weighted by Gasteiger charge is -2.31. The zero-order valence-corrected chi connectivity index (χ0v) is 16.9. The SMILES string of the molecule is C[C@@H]1C=CC[C@@H]2C(=O)N(N(Cc3ccccc3)C(=O)c3ccc([N+](=O)[O-])cc3)C(=O)[C@H]12. The number of amides is 3. The minimum Gasteiger partial charge on any atom is -0.272 e. The summed E-state index contributed by atoms with van der Waals surface area (Å²) in [5.41, 5.74) is 0.757. The first-order valence-corrected chi connectivity index (χ1v) is 10.0. The van der Waals surface area contributed by atoms with E-state index in [1.165, 1.54) is 24.3 Å². The molecule has 0 radical (unpaired) electrons. The summed E-state index contributed by atoms with van der Waals surface area (Å²) in [5, 5.41) is 13.1. The molecule has 8 heteroatoms. The van der Waals surface area contributed by atoms with E-state index >= 15 is 0 Å². The van der Waals surface area contributed by atoms with Gasteiger partial charge in [-0.3, -0.25) is 24.5 Å². The van der Waals surface area contributed by atoms with Crippen molar-refractivity contribution in [2.45, 2.75) is 19.9 Å². The van der Waals surface area contributed by atoms with Gasteiger partial charge in [0.25, 0.3) is 23.4 Å². The topological polar surface area (TPSA) is 101 Å². The summed E-state index contributed by atoms with van der Waals surface area (Å²) in [6.07, 6.45) is 4.29. The number of benzene rings is 2. The summed E-state index contributed by atoms with van der Waals surface area (Å²) in [5.74, 6) is -2.45. The first-order chi connectivity index (χ1) is 14.9. The summed E-state index contributed by atoms with van der Waals surface area (Å²) >= 11 is 0. The number of carbonyl (C=O) groups excluding carboxylic acids is 3. The lowest BCUT2D eigenvalue weighted by atomic mass is 9.78. The minimum absolute atomic E-state index is 0.0232. The number of hydrogen-bond acceptors (Lipinski definition) is 5. The number of nitro groups is 1. The van der Waals surface area contributed by atoms with E-state index in [-0.39, 0.29) is 23.7 Å². The van der Waals surface area contributed by atoms with Crippen LogP contribution in [0.25, 0.3) is 0 Å². The fourth-order valence-corrected chi connectivity index (χ4v) is 4.23. The molecule has 0 unspecified atom stereocenters. The summed E-state index contributed by atoms with van der Waals surface area (Å²) in [6.45, 7) is 1.91. The number of fused-ring (bicyclic) bond motifs is 1. The fourth-order valence-electron chi connectivity index (χ4n) is 4.23. The number of allylic oxidation sites excluding steroid dienone is 2. The van der Waals surface area contributed by atoms with E-state index in [9.17, 15) is 24.5 Å². The fraction of sp³-hybridized carbons (Fsp3) is 0.261. The largest absolute Gasteiger partial charge is 0.273 e. The van der Waals surface area contributed by atoms with Crippen LogP contribution < -0.4 is 0 Å². The highest BCUT2D eigenvalue weighted by atomic mass is 16.6. The van der Waals surface area contributed by atoms with Crippen LogP contribution in [0.1, 0.15) is 29.3 Å². The minimum atomic E-state index is -0.570. The van der Waals surface area contributed by atoms with Gasteiger partial charge in [-0.25, -0.2) is 5.01 Å². The van der Waals surface area contributed by atoms with E-state index in [1.54, 1.807) is 12.1 Å². The Morgan fingerprint density at radius 2 is 1.77 bits per heavy atom. The van der Waals surface area contributed by atoms with Gasteiger partial charge in [0, 0.05) is 17.7 Å². The van der Waals surface area contributed by atoms with Crippen molar-refractivity contribution in [2.75, 3.05) is 0 Å². The third kappa shape index (κ3) is 3.72. The zero-order chi connectivity index (χ0) is 22.1. The molecule has 0 bridgehead atoms. The van der Waals surface area contributed by atoms with Gasteiger partial charge in [0.05, 0.1) is 23.3 Å². The van der Waals surface area contributed by atoms with Crippen molar-refractivity contribution in [2.24, 2.45) is 17.8 Å². The normalized spacial score (nSPS) is 22.4. The van der Waals surface area contributed by atoms with Crippen LogP contribution in [0.5, 0.6) is 0 Å². The molecule has 31 heavy (non-hydrogen) atoms. The average Bonchev–Trinajstić information content (AvgIpc) is 3.03. The van der Waals surface area contributed by atoms with Crippen molar-refractivity contribution < 1.29 is 19.3 Å². The van der Waals surface area contributed by atoms with E-state index in [1.807, 2.05) is 37.3 Å². The standard InChI is InChI=1S/C23H21N3O5/c1-15-6-5-9-19-20(15)23(29)25(22(19)28)24(14-16-7-3-2-4-8-16)21(27)17-10-12-18(13-11-17)26(30)31/h2-8,10-13,15,19-20H,9,14H2,1H3/t15-,19+,20-/m1/s1. The Bertz CT molecular complexity index is 1060. The van der Waals surface area contributed by atoms with Gasteiger partial charge in [0.15, 0.2) is 0 Å². The zero-order valence-electron chi connectivity index (χ0n) is 16.9. The van der Waals surface area contributed by atoms with Crippen molar-refractivity contribution >= 4 is 23.4 Å². The molecule has 8 nitrogen and oxygen atoms in total. The molecule has 2 aromatic carbocycles. The van der Waals surface area contributed by atoms with E-state index < -0.39 is 34.5 Å². The van der Waals surface area contributed by atoms with Gasteiger partial charge in [0.2, 0.25) is 0 Å². The first-order valence-electron chi connectivity index (χ1n) is 10.0. The van der Waals surface area contributed by atoms with Crippen LogP contribution >= 0.6 is 0 Å². The van der Waals surface area contributed by atoms with Gasteiger partial charge in [-0.05, 0) is 30.0 Å². The van der Waals surface area contributed by atoms with Crippen molar-refractivity contribution in [1.29, 1.82) is 0 Å². The quantitative estimate of drug-likeness (QED) is 0.320. The number of imide groups is 1. The van der Waals surface area contributed by atoms with Gasteiger partial charge < -0.3 is 0 Å². The number of hydrogen-bond donors (Lipinski definition) is 0. The smallest absolute Gasteiger partial charge is 0.272 e. The maximum Gasteiger partial charge on any atom is 0.273 e. The Morgan fingerprint density at radius 1 is 1.10 bits per heavy atom. The molecular formula is C23H21N3O5. The van der Waals surface area contributed by atoms with Crippen molar-refractivity contribution in [3.8, 4) is 0 Å². The maximum absolute atomic E-state index is 13.4. The summed E-state index contributed by atoms with van der Waals surface area (Å²) in [6, 6.07) is 14.2. The number of non-ortho nitro benzene ring substituents is 1. The predicted molar refractivity (Wildman–Crippen MR) is 111 cm³/mol. The molecule has 0 spiro atoms. The van der Waals surface area contributed by atoms with Crippen LogP contribution in [0.3, 0.4) is 0 Å². The molecule has 3 amide bonds. The first kappa shape index (κ1) is 20.5. The van der Waals surface area contributed by atoms with E-state index in [4.69, 9.17) is 0 Å². The van der Waals surface area contributed by atoms with Crippen molar-refractivity contribution in [3.63, 3.8) is 0 Å². The Morgan fingerprint density at radius 3 is 2.39 bits per heavy atom. The Hall–Kier alpha value is -3.81. The molecule has 1 fully saturated rings. The third-order valence-corrected chi connectivity index (χ3v) is 5.83. The molecule has 4 rings (SSSR count). The molecular weight excluding hydrogens is 398 g/mol. The number of carbonyl (C=O) groups is 3. The maximum atomic E-state index is 13.4. The molecule has 0 aromatic heterocycles. The highest BCUT2D eigenvalue weighted by Gasteiger charge is 2.53. The molecule has 158 valence electrons. The van der Waals surface area contributed by atoms with Crippen LogP contribution in [0.15, 0.2) is 66.7 Å². The number of nitro benzene ring substituents is 1. The molecule has 2 aliphatic rings.